The molecule has 0 aliphatic carbocycles. The zero-order valence-electron chi connectivity index (χ0n) is 16.4. The van der Waals surface area contributed by atoms with Crippen LogP contribution in [0.1, 0.15) is 28.7 Å². The molecule has 3 aromatic rings. The Labute approximate surface area is 169 Å². The predicted molar refractivity (Wildman–Crippen MR) is 110 cm³/mol. The number of benzene rings is 2. The van der Waals surface area contributed by atoms with Crippen LogP contribution in [-0.4, -0.2) is 29.0 Å². The van der Waals surface area contributed by atoms with Crippen molar-refractivity contribution in [3.05, 3.63) is 77.4 Å². The second kappa shape index (κ2) is 9.64. The van der Waals surface area contributed by atoms with E-state index in [2.05, 4.69) is 20.6 Å². The number of aryl methyl sites for hydroxylation is 1. The smallest absolute Gasteiger partial charge is 0.270 e. The SMILES string of the molecule is CCOc1ccccc1Nc1nc(C)cc(C(=O)NCCc2ccccc2F)n1. The van der Waals surface area contributed by atoms with E-state index >= 15 is 0 Å². The summed E-state index contributed by atoms with van der Waals surface area (Å²) in [4.78, 5) is 21.2. The highest BCUT2D eigenvalue weighted by Gasteiger charge is 2.12. The molecule has 150 valence electrons. The number of aromatic nitrogens is 2. The summed E-state index contributed by atoms with van der Waals surface area (Å²) in [5, 5.41) is 5.88. The van der Waals surface area contributed by atoms with Gasteiger partial charge in [-0.3, -0.25) is 4.79 Å². The molecule has 0 bridgehead atoms. The third-order valence-corrected chi connectivity index (χ3v) is 4.16. The lowest BCUT2D eigenvalue weighted by atomic mass is 10.1. The zero-order chi connectivity index (χ0) is 20.6. The number of nitrogens with zero attached hydrogens (tertiary/aromatic N) is 2. The van der Waals surface area contributed by atoms with Crippen molar-refractivity contribution in [2.75, 3.05) is 18.5 Å². The lowest BCUT2D eigenvalue weighted by Crippen LogP contribution is -2.27. The standard InChI is InChI=1S/C22H23FN4O2/c1-3-29-20-11-7-6-10-18(20)26-22-25-15(2)14-19(27-22)21(28)24-13-12-16-8-4-5-9-17(16)23/h4-11,14H,3,12-13H2,1-2H3,(H,24,28)(H,25,26,27). The van der Waals surface area contributed by atoms with Crippen LogP contribution < -0.4 is 15.4 Å². The number of carbonyl (C=O) groups excluding carboxylic acids is 1. The minimum absolute atomic E-state index is 0.238. The number of para-hydroxylation sites is 2. The Morgan fingerprint density at radius 2 is 1.86 bits per heavy atom. The second-order valence-electron chi connectivity index (χ2n) is 6.37. The molecule has 1 amide bonds. The van der Waals surface area contributed by atoms with Gasteiger partial charge in [-0.2, -0.15) is 0 Å². The van der Waals surface area contributed by atoms with Crippen molar-refractivity contribution in [2.45, 2.75) is 20.3 Å². The maximum Gasteiger partial charge on any atom is 0.270 e. The fraction of sp³-hybridized carbons (Fsp3) is 0.227. The van der Waals surface area contributed by atoms with Crippen LogP contribution in [0.15, 0.2) is 54.6 Å². The van der Waals surface area contributed by atoms with Crippen LogP contribution in [-0.2, 0) is 6.42 Å². The van der Waals surface area contributed by atoms with Gasteiger partial charge in [0, 0.05) is 12.2 Å². The zero-order valence-corrected chi connectivity index (χ0v) is 16.4. The van der Waals surface area contributed by atoms with Gasteiger partial charge in [-0.05, 0) is 50.1 Å². The van der Waals surface area contributed by atoms with Gasteiger partial charge in [0.15, 0.2) is 0 Å². The number of anilines is 2. The van der Waals surface area contributed by atoms with E-state index in [9.17, 15) is 9.18 Å². The molecule has 6 nitrogen and oxygen atoms in total. The molecule has 2 N–H and O–H groups in total. The van der Waals surface area contributed by atoms with Crippen molar-refractivity contribution in [3.8, 4) is 5.75 Å². The molecule has 1 aromatic heterocycles. The Bertz CT molecular complexity index is 994. The molecule has 0 spiro atoms. The Morgan fingerprint density at radius 1 is 1.10 bits per heavy atom. The summed E-state index contributed by atoms with van der Waals surface area (Å²) in [6, 6.07) is 15.6. The van der Waals surface area contributed by atoms with Crippen LogP contribution in [0, 0.1) is 12.7 Å². The molecule has 7 heteroatoms. The number of rotatable bonds is 8. The summed E-state index contributed by atoms with van der Waals surface area (Å²) >= 11 is 0. The Morgan fingerprint density at radius 3 is 2.66 bits per heavy atom. The van der Waals surface area contributed by atoms with Crippen molar-refractivity contribution >= 4 is 17.5 Å². The molecule has 0 aliphatic rings. The van der Waals surface area contributed by atoms with Crippen LogP contribution in [0.4, 0.5) is 16.0 Å². The van der Waals surface area contributed by atoms with Gasteiger partial charge in [-0.1, -0.05) is 30.3 Å². The first kappa shape index (κ1) is 20.3. The third kappa shape index (κ3) is 5.51. The lowest BCUT2D eigenvalue weighted by molar-refractivity contribution is 0.0949. The van der Waals surface area contributed by atoms with Crippen LogP contribution in [0.3, 0.4) is 0 Å². The quantitative estimate of drug-likeness (QED) is 0.603. The lowest BCUT2D eigenvalue weighted by Gasteiger charge is -2.12. The maximum absolute atomic E-state index is 13.7. The van der Waals surface area contributed by atoms with Gasteiger partial charge in [0.2, 0.25) is 5.95 Å². The predicted octanol–water partition coefficient (Wildman–Crippen LogP) is 4.04. The monoisotopic (exact) mass is 394 g/mol. The molecule has 29 heavy (non-hydrogen) atoms. The van der Waals surface area contributed by atoms with E-state index in [1.165, 1.54) is 6.07 Å². The molecular weight excluding hydrogens is 371 g/mol. The molecule has 0 atom stereocenters. The highest BCUT2D eigenvalue weighted by atomic mass is 19.1. The maximum atomic E-state index is 13.7. The first-order chi connectivity index (χ1) is 14.1. The molecule has 2 aromatic carbocycles. The number of carbonyl (C=O) groups is 1. The summed E-state index contributed by atoms with van der Waals surface area (Å²) in [6.07, 6.45) is 0.398. The van der Waals surface area contributed by atoms with Gasteiger partial charge < -0.3 is 15.4 Å². The van der Waals surface area contributed by atoms with E-state index in [0.717, 1.165) is 0 Å². The van der Waals surface area contributed by atoms with Gasteiger partial charge in [-0.25, -0.2) is 14.4 Å². The van der Waals surface area contributed by atoms with Gasteiger partial charge in [0.1, 0.15) is 17.3 Å². The minimum Gasteiger partial charge on any atom is -0.492 e. The van der Waals surface area contributed by atoms with E-state index in [4.69, 9.17) is 4.74 Å². The molecule has 0 saturated carbocycles. The second-order valence-corrected chi connectivity index (χ2v) is 6.37. The number of halogens is 1. The van der Waals surface area contributed by atoms with E-state index in [1.807, 2.05) is 31.2 Å². The van der Waals surface area contributed by atoms with E-state index in [-0.39, 0.29) is 17.4 Å². The van der Waals surface area contributed by atoms with Gasteiger partial charge in [-0.15, -0.1) is 0 Å². The Kier molecular flexibility index (Phi) is 6.73. The fourth-order valence-electron chi connectivity index (χ4n) is 2.81. The van der Waals surface area contributed by atoms with Crippen LogP contribution in [0.5, 0.6) is 5.75 Å². The fourth-order valence-corrected chi connectivity index (χ4v) is 2.81. The minimum atomic E-state index is -0.340. The van der Waals surface area contributed by atoms with Crippen molar-refractivity contribution in [1.29, 1.82) is 0 Å². The Balaban J connectivity index is 1.68. The average Bonchev–Trinajstić information content (AvgIpc) is 2.70. The first-order valence-corrected chi connectivity index (χ1v) is 9.43. The Hall–Kier alpha value is -3.48. The van der Waals surface area contributed by atoms with Gasteiger partial charge in [0.05, 0.1) is 12.3 Å². The van der Waals surface area contributed by atoms with Crippen LogP contribution in [0.25, 0.3) is 0 Å². The molecule has 1 heterocycles. The van der Waals surface area contributed by atoms with Crippen molar-refractivity contribution < 1.29 is 13.9 Å². The number of ether oxygens (including phenoxy) is 1. The van der Waals surface area contributed by atoms with Crippen molar-refractivity contribution in [3.63, 3.8) is 0 Å². The summed E-state index contributed by atoms with van der Waals surface area (Å²) in [5.41, 5.74) is 2.16. The number of amides is 1. The number of nitrogens with one attached hydrogen (secondary N) is 2. The number of hydrogen-bond donors (Lipinski definition) is 2. The third-order valence-electron chi connectivity index (χ3n) is 4.16. The molecule has 0 radical (unpaired) electrons. The molecular formula is C22H23FN4O2. The molecule has 0 fully saturated rings. The largest absolute Gasteiger partial charge is 0.492 e. The molecule has 0 aliphatic heterocycles. The van der Waals surface area contributed by atoms with E-state index in [0.29, 0.717) is 48.2 Å². The molecule has 0 saturated heterocycles. The summed E-state index contributed by atoms with van der Waals surface area (Å²) < 4.78 is 19.3. The molecule has 0 unspecified atom stereocenters. The van der Waals surface area contributed by atoms with E-state index in [1.54, 1.807) is 31.2 Å². The van der Waals surface area contributed by atoms with Crippen LogP contribution in [0.2, 0.25) is 0 Å². The highest BCUT2D eigenvalue weighted by molar-refractivity contribution is 5.92. The summed E-state index contributed by atoms with van der Waals surface area (Å²) in [5.74, 6) is 0.361. The normalized spacial score (nSPS) is 10.4. The topological polar surface area (TPSA) is 76.1 Å². The van der Waals surface area contributed by atoms with E-state index < -0.39 is 0 Å². The molecule has 3 rings (SSSR count). The summed E-state index contributed by atoms with van der Waals surface area (Å²) in [7, 11) is 0. The van der Waals surface area contributed by atoms with Crippen molar-refractivity contribution in [1.82, 2.24) is 15.3 Å². The summed E-state index contributed by atoms with van der Waals surface area (Å²) in [6.45, 7) is 4.53. The first-order valence-electron chi connectivity index (χ1n) is 9.43. The van der Waals surface area contributed by atoms with Gasteiger partial charge >= 0.3 is 0 Å². The van der Waals surface area contributed by atoms with Crippen molar-refractivity contribution in [2.24, 2.45) is 0 Å². The highest BCUT2D eigenvalue weighted by Crippen LogP contribution is 2.26. The van der Waals surface area contributed by atoms with Crippen LogP contribution >= 0.6 is 0 Å². The van der Waals surface area contributed by atoms with Gasteiger partial charge in [0.25, 0.3) is 5.91 Å². The number of hydrogen-bond acceptors (Lipinski definition) is 5. The average molecular weight is 394 g/mol.